The molecule has 1 rings (SSSR count). The van der Waals surface area contributed by atoms with Crippen LogP contribution in [0.25, 0.3) is 0 Å². The van der Waals surface area contributed by atoms with Gasteiger partial charge in [-0.15, -0.1) is 0 Å². The van der Waals surface area contributed by atoms with Gasteiger partial charge in [0.25, 0.3) is 0 Å². The molecule has 0 saturated carbocycles. The molecule has 21 heavy (non-hydrogen) atoms. The van der Waals surface area contributed by atoms with E-state index in [2.05, 4.69) is 36.0 Å². The summed E-state index contributed by atoms with van der Waals surface area (Å²) in [6, 6.07) is 1.66. The fourth-order valence-corrected chi connectivity index (χ4v) is 2.35. The van der Waals surface area contributed by atoms with E-state index in [1.165, 1.54) is 12.3 Å². The summed E-state index contributed by atoms with van der Waals surface area (Å²) in [6.07, 6.45) is 3.43. The van der Waals surface area contributed by atoms with Crippen LogP contribution in [0.15, 0.2) is 12.3 Å². The summed E-state index contributed by atoms with van der Waals surface area (Å²) in [4.78, 5) is 17.3. The summed E-state index contributed by atoms with van der Waals surface area (Å²) in [6.45, 7) is 9.63. The summed E-state index contributed by atoms with van der Waals surface area (Å²) < 4.78 is 0. The third-order valence-electron chi connectivity index (χ3n) is 3.48. The number of pyridine rings is 1. The van der Waals surface area contributed by atoms with Crippen LogP contribution in [0.2, 0.25) is 5.02 Å². The van der Waals surface area contributed by atoms with Gasteiger partial charge in [0.15, 0.2) is 0 Å². The molecule has 0 saturated heterocycles. The fourth-order valence-electron chi connectivity index (χ4n) is 2.13. The first-order valence-electron chi connectivity index (χ1n) is 7.35. The maximum absolute atomic E-state index is 10.8. The van der Waals surface area contributed by atoms with Crippen LogP contribution < -0.4 is 5.32 Å². The summed E-state index contributed by atoms with van der Waals surface area (Å²) >= 11 is 6.05. The minimum absolute atomic E-state index is 0.0970. The normalized spacial score (nSPS) is 12.4. The monoisotopic (exact) mass is 313 g/mol. The van der Waals surface area contributed by atoms with Crippen LogP contribution in [0.3, 0.4) is 0 Å². The molecule has 2 N–H and O–H groups in total. The number of carbonyl (C=O) groups is 1. The van der Waals surface area contributed by atoms with Crippen LogP contribution >= 0.6 is 11.6 Å². The highest BCUT2D eigenvalue weighted by atomic mass is 35.5. The van der Waals surface area contributed by atoms with E-state index in [1.807, 2.05) is 0 Å². The molecule has 0 bridgehead atoms. The van der Waals surface area contributed by atoms with Gasteiger partial charge < -0.3 is 15.3 Å². The Kier molecular flexibility index (Phi) is 7.47. The van der Waals surface area contributed by atoms with Crippen molar-refractivity contribution in [3.63, 3.8) is 0 Å². The molecule has 0 radical (unpaired) electrons. The molecule has 1 atom stereocenters. The van der Waals surface area contributed by atoms with Gasteiger partial charge in [-0.05, 0) is 45.5 Å². The van der Waals surface area contributed by atoms with E-state index >= 15 is 0 Å². The Hall–Kier alpha value is -1.33. The molecule has 1 unspecified atom stereocenters. The maximum Gasteiger partial charge on any atom is 0.337 e. The van der Waals surface area contributed by atoms with Crippen molar-refractivity contribution < 1.29 is 9.90 Å². The van der Waals surface area contributed by atoms with Gasteiger partial charge in [-0.3, -0.25) is 0 Å². The van der Waals surface area contributed by atoms with Crippen molar-refractivity contribution in [1.29, 1.82) is 0 Å². The van der Waals surface area contributed by atoms with Crippen molar-refractivity contribution in [3.05, 3.63) is 22.8 Å². The van der Waals surface area contributed by atoms with Gasteiger partial charge in [0, 0.05) is 12.2 Å². The topological polar surface area (TPSA) is 65.5 Å². The lowest BCUT2D eigenvalue weighted by atomic mass is 10.1. The first kappa shape index (κ1) is 17.7. The first-order chi connectivity index (χ1) is 9.97. The lowest BCUT2D eigenvalue weighted by molar-refractivity contribution is 0.0696. The Morgan fingerprint density at radius 1 is 1.48 bits per heavy atom. The standard InChI is InChI=1S/C15H24ClN3O2/c1-4-19(5-2)8-6-7-11(3)18-14-13(16)9-12(10-17-14)15(20)21/h9-11H,4-8H2,1-3H3,(H,17,18)(H,20,21). The van der Waals surface area contributed by atoms with Crippen molar-refractivity contribution in [3.8, 4) is 0 Å². The molecule has 0 aliphatic carbocycles. The number of hydrogen-bond donors (Lipinski definition) is 2. The van der Waals surface area contributed by atoms with Crippen LogP contribution in [-0.2, 0) is 0 Å². The molecule has 5 nitrogen and oxygen atoms in total. The largest absolute Gasteiger partial charge is 0.478 e. The van der Waals surface area contributed by atoms with E-state index in [0.717, 1.165) is 32.5 Å². The highest BCUT2D eigenvalue weighted by molar-refractivity contribution is 6.33. The zero-order chi connectivity index (χ0) is 15.8. The number of nitrogens with zero attached hydrogens (tertiary/aromatic N) is 2. The van der Waals surface area contributed by atoms with Crippen molar-refractivity contribution in [2.24, 2.45) is 0 Å². The van der Waals surface area contributed by atoms with Crippen molar-refractivity contribution in [2.45, 2.75) is 39.7 Å². The first-order valence-corrected chi connectivity index (χ1v) is 7.73. The molecule has 0 amide bonds. The number of anilines is 1. The van der Waals surface area contributed by atoms with Crippen molar-refractivity contribution in [2.75, 3.05) is 25.0 Å². The number of nitrogens with one attached hydrogen (secondary N) is 1. The van der Waals surface area contributed by atoms with Gasteiger partial charge >= 0.3 is 5.97 Å². The molecular formula is C15H24ClN3O2. The summed E-state index contributed by atoms with van der Waals surface area (Å²) in [7, 11) is 0. The van der Waals surface area contributed by atoms with Crippen molar-refractivity contribution in [1.82, 2.24) is 9.88 Å². The molecule has 0 aliphatic heterocycles. The Bertz CT molecular complexity index is 464. The SMILES string of the molecule is CCN(CC)CCCC(C)Nc1ncc(C(=O)O)cc1Cl. The second-order valence-corrected chi connectivity index (χ2v) is 5.48. The molecule has 0 fully saturated rings. The molecule has 0 spiro atoms. The van der Waals surface area contributed by atoms with E-state index < -0.39 is 5.97 Å². The lowest BCUT2D eigenvalue weighted by Crippen LogP contribution is -2.25. The Balaban J connectivity index is 2.47. The Morgan fingerprint density at radius 3 is 2.67 bits per heavy atom. The number of aromatic carboxylic acids is 1. The minimum Gasteiger partial charge on any atom is -0.478 e. The second kappa shape index (κ2) is 8.85. The average molecular weight is 314 g/mol. The lowest BCUT2D eigenvalue weighted by Gasteiger charge is -2.20. The van der Waals surface area contributed by atoms with Gasteiger partial charge in [-0.1, -0.05) is 25.4 Å². The minimum atomic E-state index is -1.02. The number of aromatic nitrogens is 1. The highest BCUT2D eigenvalue weighted by Gasteiger charge is 2.11. The zero-order valence-corrected chi connectivity index (χ0v) is 13.7. The van der Waals surface area contributed by atoms with Gasteiger partial charge in [-0.2, -0.15) is 0 Å². The van der Waals surface area contributed by atoms with Crippen LogP contribution in [0.5, 0.6) is 0 Å². The van der Waals surface area contributed by atoms with Crippen LogP contribution in [-0.4, -0.2) is 46.6 Å². The van der Waals surface area contributed by atoms with E-state index in [0.29, 0.717) is 10.8 Å². The van der Waals surface area contributed by atoms with Gasteiger partial charge in [0.05, 0.1) is 10.6 Å². The van der Waals surface area contributed by atoms with E-state index in [-0.39, 0.29) is 11.6 Å². The Morgan fingerprint density at radius 2 is 2.14 bits per heavy atom. The maximum atomic E-state index is 10.8. The number of carboxylic acids is 1. The van der Waals surface area contributed by atoms with Gasteiger partial charge in [-0.25, -0.2) is 9.78 Å². The quantitative estimate of drug-likeness (QED) is 0.732. The number of carboxylic acid groups (broad SMARTS) is 1. The second-order valence-electron chi connectivity index (χ2n) is 5.07. The highest BCUT2D eigenvalue weighted by Crippen LogP contribution is 2.21. The summed E-state index contributed by atoms with van der Waals surface area (Å²) in [5.41, 5.74) is 0.0970. The molecule has 118 valence electrons. The predicted molar refractivity (Wildman–Crippen MR) is 86.3 cm³/mol. The molecule has 1 aromatic rings. The summed E-state index contributed by atoms with van der Waals surface area (Å²) in [5, 5.41) is 12.4. The summed E-state index contributed by atoms with van der Waals surface area (Å²) in [5.74, 6) is -0.486. The third-order valence-corrected chi connectivity index (χ3v) is 3.77. The fraction of sp³-hybridized carbons (Fsp3) is 0.600. The molecule has 1 heterocycles. The Labute approximate surface area is 131 Å². The van der Waals surface area contributed by atoms with Gasteiger partial charge in [0.2, 0.25) is 0 Å². The third kappa shape index (κ3) is 5.89. The average Bonchev–Trinajstić information content (AvgIpc) is 2.45. The van der Waals surface area contributed by atoms with Gasteiger partial charge in [0.1, 0.15) is 5.82 Å². The number of hydrogen-bond acceptors (Lipinski definition) is 4. The smallest absolute Gasteiger partial charge is 0.337 e. The van der Waals surface area contributed by atoms with Crippen LogP contribution in [0.1, 0.15) is 44.0 Å². The molecular weight excluding hydrogens is 290 g/mol. The number of rotatable bonds is 9. The molecule has 0 aliphatic rings. The number of halogens is 1. The van der Waals surface area contributed by atoms with E-state index in [1.54, 1.807) is 0 Å². The van der Waals surface area contributed by atoms with Crippen molar-refractivity contribution >= 4 is 23.4 Å². The van der Waals surface area contributed by atoms with Crippen LogP contribution in [0, 0.1) is 0 Å². The van der Waals surface area contributed by atoms with E-state index in [9.17, 15) is 4.79 Å². The van der Waals surface area contributed by atoms with Crippen LogP contribution in [0.4, 0.5) is 5.82 Å². The van der Waals surface area contributed by atoms with E-state index in [4.69, 9.17) is 16.7 Å². The molecule has 1 aromatic heterocycles. The predicted octanol–water partition coefficient (Wildman–Crippen LogP) is 3.36. The zero-order valence-electron chi connectivity index (χ0n) is 12.9. The molecule has 0 aromatic carbocycles. The molecule has 6 heteroatoms.